The number of rotatable bonds is 8. The summed E-state index contributed by atoms with van der Waals surface area (Å²) in [5, 5.41) is 9.02. The number of carboxylic acid groups (broad SMARTS) is 1. The number of hydrogen-bond donors (Lipinski definition) is 1. The van der Waals surface area contributed by atoms with Crippen LogP contribution in [0.2, 0.25) is 0 Å². The monoisotopic (exact) mass is 383 g/mol. The molecule has 1 aliphatic rings. The van der Waals surface area contributed by atoms with Crippen molar-refractivity contribution in [2.45, 2.75) is 37.2 Å². The summed E-state index contributed by atoms with van der Waals surface area (Å²) in [5.74, 6) is -0.784. The molecule has 0 aromatic heterocycles. The van der Waals surface area contributed by atoms with E-state index in [2.05, 4.69) is 4.90 Å². The molecule has 1 aromatic rings. The third-order valence-corrected chi connectivity index (χ3v) is 6.71. The van der Waals surface area contributed by atoms with Crippen molar-refractivity contribution in [3.8, 4) is 0 Å². The van der Waals surface area contributed by atoms with Crippen LogP contribution in [0.4, 0.5) is 0 Å². The van der Waals surface area contributed by atoms with Crippen LogP contribution in [0.15, 0.2) is 29.2 Å². The van der Waals surface area contributed by atoms with Crippen molar-refractivity contribution in [2.24, 2.45) is 0 Å². The number of sulfonamides is 1. The first-order valence-corrected chi connectivity index (χ1v) is 10.4. The summed E-state index contributed by atoms with van der Waals surface area (Å²) < 4.78 is 25.8. The maximum Gasteiger partial charge on any atom is 0.317 e. The standard InChI is InChI=1S/C18H29N3O4S/c1-4-21(14-18(22)23)16-8-10-20(11-9-16)13-15-6-5-7-17(12-15)26(24,25)19(2)3/h5-7,12,16H,4,8-11,13-14H2,1-3H3,(H,22,23). The number of benzene rings is 1. The van der Waals surface area contributed by atoms with Crippen molar-refractivity contribution in [3.63, 3.8) is 0 Å². The molecule has 1 aromatic carbocycles. The minimum atomic E-state index is -3.42. The Kier molecular flexibility index (Phi) is 7.16. The van der Waals surface area contributed by atoms with E-state index in [0.29, 0.717) is 17.5 Å². The lowest BCUT2D eigenvalue weighted by molar-refractivity contribution is -0.139. The van der Waals surface area contributed by atoms with Crippen molar-refractivity contribution in [2.75, 3.05) is 40.3 Å². The van der Waals surface area contributed by atoms with Gasteiger partial charge < -0.3 is 5.11 Å². The first kappa shape index (κ1) is 20.8. The lowest BCUT2D eigenvalue weighted by atomic mass is 10.0. The molecular formula is C18H29N3O4S. The molecule has 1 saturated heterocycles. The topological polar surface area (TPSA) is 81.2 Å². The number of carboxylic acids is 1. The summed E-state index contributed by atoms with van der Waals surface area (Å²) in [6.45, 7) is 5.28. The smallest absolute Gasteiger partial charge is 0.317 e. The maximum atomic E-state index is 12.3. The molecule has 0 bridgehead atoms. The second-order valence-corrected chi connectivity index (χ2v) is 9.05. The molecule has 0 unspecified atom stereocenters. The normalized spacial score (nSPS) is 17.1. The number of likely N-dealkylation sites (tertiary alicyclic amines) is 1. The Morgan fingerprint density at radius 2 is 1.92 bits per heavy atom. The number of likely N-dealkylation sites (N-methyl/N-ethyl adjacent to an activating group) is 1. The number of nitrogens with zero attached hydrogens (tertiary/aromatic N) is 3. The average molecular weight is 384 g/mol. The summed E-state index contributed by atoms with van der Waals surface area (Å²) in [6.07, 6.45) is 1.85. The van der Waals surface area contributed by atoms with Gasteiger partial charge in [0.1, 0.15) is 0 Å². The highest BCUT2D eigenvalue weighted by molar-refractivity contribution is 7.89. The summed E-state index contributed by atoms with van der Waals surface area (Å²) in [5.41, 5.74) is 0.976. The summed E-state index contributed by atoms with van der Waals surface area (Å²) in [6, 6.07) is 7.39. The highest BCUT2D eigenvalue weighted by Gasteiger charge is 2.25. The zero-order valence-electron chi connectivity index (χ0n) is 15.8. The van der Waals surface area contributed by atoms with E-state index in [9.17, 15) is 13.2 Å². The van der Waals surface area contributed by atoms with Gasteiger partial charge in [-0.15, -0.1) is 0 Å². The van der Waals surface area contributed by atoms with E-state index in [1.54, 1.807) is 18.2 Å². The first-order valence-electron chi connectivity index (χ1n) is 8.93. The van der Waals surface area contributed by atoms with Crippen LogP contribution in [0.1, 0.15) is 25.3 Å². The second-order valence-electron chi connectivity index (χ2n) is 6.90. The third kappa shape index (κ3) is 5.26. The van der Waals surface area contributed by atoms with E-state index in [-0.39, 0.29) is 6.54 Å². The number of hydrogen-bond acceptors (Lipinski definition) is 5. The van der Waals surface area contributed by atoms with Gasteiger partial charge in [-0.25, -0.2) is 12.7 Å². The van der Waals surface area contributed by atoms with Gasteiger partial charge in [-0.05, 0) is 50.2 Å². The van der Waals surface area contributed by atoms with E-state index in [0.717, 1.165) is 38.0 Å². The van der Waals surface area contributed by atoms with Crippen LogP contribution >= 0.6 is 0 Å². The number of piperidine rings is 1. The fraction of sp³-hybridized carbons (Fsp3) is 0.611. The van der Waals surface area contributed by atoms with Gasteiger partial charge >= 0.3 is 5.97 Å². The van der Waals surface area contributed by atoms with Crippen LogP contribution in [0.3, 0.4) is 0 Å². The van der Waals surface area contributed by atoms with Gasteiger partial charge in [-0.2, -0.15) is 0 Å². The van der Waals surface area contributed by atoms with Crippen LogP contribution in [-0.4, -0.2) is 79.9 Å². The van der Waals surface area contributed by atoms with Crippen molar-refractivity contribution in [3.05, 3.63) is 29.8 Å². The molecule has 146 valence electrons. The third-order valence-electron chi connectivity index (χ3n) is 4.90. The van der Waals surface area contributed by atoms with E-state index < -0.39 is 16.0 Å². The van der Waals surface area contributed by atoms with Crippen LogP contribution in [0.5, 0.6) is 0 Å². The molecule has 1 fully saturated rings. The molecule has 0 aliphatic carbocycles. The zero-order valence-corrected chi connectivity index (χ0v) is 16.6. The lowest BCUT2D eigenvalue weighted by Crippen LogP contribution is -2.46. The summed E-state index contributed by atoms with van der Waals surface area (Å²) in [7, 11) is -0.360. The molecule has 1 aliphatic heterocycles. The van der Waals surface area contributed by atoms with Gasteiger partial charge in [0, 0.05) is 26.7 Å². The van der Waals surface area contributed by atoms with E-state index in [4.69, 9.17) is 5.11 Å². The van der Waals surface area contributed by atoms with Crippen LogP contribution in [-0.2, 0) is 21.4 Å². The summed E-state index contributed by atoms with van der Waals surface area (Å²) in [4.78, 5) is 15.6. The summed E-state index contributed by atoms with van der Waals surface area (Å²) >= 11 is 0. The van der Waals surface area contributed by atoms with Crippen LogP contribution in [0.25, 0.3) is 0 Å². The molecule has 1 N–H and O–H groups in total. The van der Waals surface area contributed by atoms with Crippen molar-refractivity contribution >= 4 is 16.0 Å². The molecule has 2 rings (SSSR count). The number of aliphatic carboxylic acids is 1. The van der Waals surface area contributed by atoms with Crippen LogP contribution < -0.4 is 0 Å². The van der Waals surface area contributed by atoms with Gasteiger partial charge in [0.2, 0.25) is 10.0 Å². The predicted molar refractivity (Wildman–Crippen MR) is 100 cm³/mol. The molecule has 0 saturated carbocycles. The molecule has 0 spiro atoms. The van der Waals surface area contributed by atoms with Crippen molar-refractivity contribution in [1.29, 1.82) is 0 Å². The van der Waals surface area contributed by atoms with E-state index >= 15 is 0 Å². The Labute approximate surface area is 156 Å². The van der Waals surface area contributed by atoms with Crippen molar-refractivity contribution < 1.29 is 18.3 Å². The minimum Gasteiger partial charge on any atom is -0.480 e. The molecule has 1 heterocycles. The average Bonchev–Trinajstić information content (AvgIpc) is 2.60. The van der Waals surface area contributed by atoms with Gasteiger partial charge in [0.15, 0.2) is 0 Å². The maximum absolute atomic E-state index is 12.3. The Morgan fingerprint density at radius 3 is 2.46 bits per heavy atom. The minimum absolute atomic E-state index is 0.0889. The highest BCUT2D eigenvalue weighted by atomic mass is 32.2. The fourth-order valence-electron chi connectivity index (χ4n) is 3.39. The largest absolute Gasteiger partial charge is 0.480 e. The second kappa shape index (κ2) is 8.94. The van der Waals surface area contributed by atoms with Gasteiger partial charge in [-0.1, -0.05) is 19.1 Å². The highest BCUT2D eigenvalue weighted by Crippen LogP contribution is 2.20. The van der Waals surface area contributed by atoms with Crippen molar-refractivity contribution in [1.82, 2.24) is 14.1 Å². The quantitative estimate of drug-likeness (QED) is 0.729. The zero-order chi connectivity index (χ0) is 19.3. The molecule has 0 radical (unpaired) electrons. The predicted octanol–water partition coefficient (Wildman–Crippen LogP) is 1.31. The van der Waals surface area contributed by atoms with Gasteiger partial charge in [0.05, 0.1) is 11.4 Å². The fourth-order valence-corrected chi connectivity index (χ4v) is 4.36. The molecule has 26 heavy (non-hydrogen) atoms. The molecule has 7 nitrogen and oxygen atoms in total. The first-order chi connectivity index (χ1) is 12.2. The van der Waals surface area contributed by atoms with Gasteiger partial charge in [0.25, 0.3) is 0 Å². The molecule has 8 heteroatoms. The lowest BCUT2D eigenvalue weighted by Gasteiger charge is -2.37. The van der Waals surface area contributed by atoms with Crippen LogP contribution in [0, 0.1) is 0 Å². The Balaban J connectivity index is 1.97. The molecule has 0 amide bonds. The molecular weight excluding hydrogens is 354 g/mol. The molecule has 0 atom stereocenters. The van der Waals surface area contributed by atoms with E-state index in [1.165, 1.54) is 18.4 Å². The van der Waals surface area contributed by atoms with E-state index in [1.807, 2.05) is 17.9 Å². The Bertz CT molecular complexity index is 713. The van der Waals surface area contributed by atoms with Gasteiger partial charge in [-0.3, -0.25) is 14.6 Å². The Hall–Kier alpha value is -1.48. The Morgan fingerprint density at radius 1 is 1.27 bits per heavy atom. The SMILES string of the molecule is CCN(CC(=O)O)C1CCN(Cc2cccc(S(=O)(=O)N(C)C)c2)CC1. The number of carbonyl (C=O) groups is 1.